The first-order valence-electron chi connectivity index (χ1n) is 11.4. The average molecular weight is 465 g/mol. The lowest BCUT2D eigenvalue weighted by Crippen LogP contribution is -2.50. The van der Waals surface area contributed by atoms with Gasteiger partial charge in [0.25, 0.3) is 5.91 Å². The van der Waals surface area contributed by atoms with Crippen LogP contribution in [0.25, 0.3) is 0 Å². The maximum absolute atomic E-state index is 13.3. The second kappa shape index (κ2) is 10.4. The Morgan fingerprint density at radius 2 is 1.82 bits per heavy atom. The molecule has 1 saturated heterocycles. The summed E-state index contributed by atoms with van der Waals surface area (Å²) in [6, 6.07) is 12.6. The van der Waals surface area contributed by atoms with Gasteiger partial charge in [-0.3, -0.25) is 19.2 Å². The van der Waals surface area contributed by atoms with Crippen molar-refractivity contribution in [3.05, 3.63) is 59.7 Å². The smallest absolute Gasteiger partial charge is 0.254 e. The second-order valence-corrected chi connectivity index (χ2v) is 8.40. The van der Waals surface area contributed by atoms with Gasteiger partial charge in [0, 0.05) is 25.9 Å². The summed E-state index contributed by atoms with van der Waals surface area (Å²) < 4.78 is 5.27. The molecular weight excluding hydrogens is 436 g/mol. The van der Waals surface area contributed by atoms with Gasteiger partial charge in [-0.1, -0.05) is 30.3 Å². The fourth-order valence-corrected chi connectivity index (χ4v) is 4.36. The number of amides is 4. The molecule has 4 rings (SSSR count). The summed E-state index contributed by atoms with van der Waals surface area (Å²) in [7, 11) is 1.48. The standard InChI is InChI=1S/C25H28N4O5/c1-34-17-9-10-19-18(15-17)23(31)28-20(14-16-6-3-2-4-7-16)24(32)26-12-11-22(30)29-13-5-8-21(29)25(33)27-19/h2-4,6-7,9-10,15,20-21H,5,8,11-14H2,1H3,(H,26,32)(H,27,33)(H,28,31). The third kappa shape index (κ3) is 5.19. The van der Waals surface area contributed by atoms with Crippen molar-refractivity contribution in [3.63, 3.8) is 0 Å². The predicted octanol–water partition coefficient (Wildman–Crippen LogP) is 1.49. The number of hydrogen-bond acceptors (Lipinski definition) is 5. The molecule has 4 amide bonds. The molecule has 34 heavy (non-hydrogen) atoms. The van der Waals surface area contributed by atoms with Gasteiger partial charge in [-0.05, 0) is 36.6 Å². The lowest BCUT2D eigenvalue weighted by molar-refractivity contribution is -0.136. The van der Waals surface area contributed by atoms with Crippen molar-refractivity contribution < 1.29 is 23.9 Å². The fraction of sp³-hybridized carbons (Fsp3) is 0.360. The van der Waals surface area contributed by atoms with Gasteiger partial charge in [-0.25, -0.2) is 0 Å². The minimum absolute atomic E-state index is 0.0787. The molecule has 0 saturated carbocycles. The Kier molecular flexibility index (Phi) is 7.10. The maximum Gasteiger partial charge on any atom is 0.254 e. The van der Waals surface area contributed by atoms with Crippen LogP contribution in [0.4, 0.5) is 5.69 Å². The molecule has 2 atom stereocenters. The predicted molar refractivity (Wildman–Crippen MR) is 125 cm³/mol. The van der Waals surface area contributed by atoms with Crippen LogP contribution < -0.4 is 20.7 Å². The van der Waals surface area contributed by atoms with Gasteiger partial charge in [0.2, 0.25) is 17.7 Å². The molecule has 9 heteroatoms. The zero-order valence-corrected chi connectivity index (χ0v) is 19.0. The maximum atomic E-state index is 13.3. The molecule has 2 aromatic carbocycles. The van der Waals surface area contributed by atoms with Crippen molar-refractivity contribution in [2.75, 3.05) is 25.5 Å². The monoisotopic (exact) mass is 464 g/mol. The van der Waals surface area contributed by atoms with E-state index in [1.807, 2.05) is 30.3 Å². The largest absolute Gasteiger partial charge is 0.497 e. The number of rotatable bonds is 3. The van der Waals surface area contributed by atoms with Crippen LogP contribution >= 0.6 is 0 Å². The average Bonchev–Trinajstić information content (AvgIpc) is 3.34. The van der Waals surface area contributed by atoms with Crippen LogP contribution in [0.3, 0.4) is 0 Å². The lowest BCUT2D eigenvalue weighted by Gasteiger charge is -2.26. The third-order valence-corrected chi connectivity index (χ3v) is 6.15. The van der Waals surface area contributed by atoms with Crippen molar-refractivity contribution in [1.29, 1.82) is 0 Å². The number of carbonyl (C=O) groups is 4. The van der Waals surface area contributed by atoms with Gasteiger partial charge in [0.1, 0.15) is 17.8 Å². The summed E-state index contributed by atoms with van der Waals surface area (Å²) in [6.45, 7) is 0.603. The number of methoxy groups -OCH3 is 1. The number of nitrogens with one attached hydrogen (secondary N) is 3. The van der Waals surface area contributed by atoms with Crippen LogP contribution in [0.1, 0.15) is 35.2 Å². The minimum Gasteiger partial charge on any atom is -0.497 e. The van der Waals surface area contributed by atoms with E-state index in [9.17, 15) is 19.2 Å². The van der Waals surface area contributed by atoms with E-state index >= 15 is 0 Å². The van der Waals surface area contributed by atoms with Crippen LogP contribution in [0.2, 0.25) is 0 Å². The molecular formula is C25H28N4O5. The lowest BCUT2D eigenvalue weighted by atomic mass is 10.0. The fourth-order valence-electron chi connectivity index (χ4n) is 4.36. The molecule has 0 bridgehead atoms. The molecule has 0 aliphatic carbocycles. The van der Waals surface area contributed by atoms with Crippen molar-refractivity contribution in [1.82, 2.24) is 15.5 Å². The molecule has 1 fully saturated rings. The van der Waals surface area contributed by atoms with Crippen LogP contribution in [-0.2, 0) is 20.8 Å². The Labute approximate surface area is 197 Å². The number of fused-ring (bicyclic) bond motifs is 2. The van der Waals surface area contributed by atoms with Crippen LogP contribution in [0.15, 0.2) is 48.5 Å². The van der Waals surface area contributed by atoms with E-state index in [2.05, 4.69) is 16.0 Å². The highest BCUT2D eigenvalue weighted by atomic mass is 16.5. The number of carbonyl (C=O) groups excluding carboxylic acids is 4. The van der Waals surface area contributed by atoms with Gasteiger partial charge in [-0.15, -0.1) is 0 Å². The first kappa shape index (κ1) is 23.3. The van der Waals surface area contributed by atoms with Gasteiger partial charge in [0.15, 0.2) is 0 Å². The summed E-state index contributed by atoms with van der Waals surface area (Å²) in [5.41, 5.74) is 1.34. The number of benzene rings is 2. The van der Waals surface area contributed by atoms with Crippen LogP contribution in [-0.4, -0.2) is 60.8 Å². The quantitative estimate of drug-likeness (QED) is 0.636. The molecule has 2 unspecified atom stereocenters. The van der Waals surface area contributed by atoms with E-state index < -0.39 is 18.0 Å². The number of nitrogens with zero attached hydrogens (tertiary/aromatic N) is 1. The van der Waals surface area contributed by atoms with E-state index in [1.54, 1.807) is 17.0 Å². The van der Waals surface area contributed by atoms with Crippen molar-refractivity contribution >= 4 is 29.3 Å². The highest BCUT2D eigenvalue weighted by Crippen LogP contribution is 2.25. The van der Waals surface area contributed by atoms with Gasteiger partial charge < -0.3 is 25.6 Å². The number of ether oxygens (including phenoxy) is 1. The Bertz CT molecular complexity index is 1090. The van der Waals surface area contributed by atoms with Gasteiger partial charge in [-0.2, -0.15) is 0 Å². The Morgan fingerprint density at radius 3 is 2.59 bits per heavy atom. The Balaban J connectivity index is 1.69. The number of hydrogen-bond donors (Lipinski definition) is 3. The molecule has 2 aromatic rings. The van der Waals surface area contributed by atoms with E-state index in [4.69, 9.17) is 4.74 Å². The molecule has 9 nitrogen and oxygen atoms in total. The molecule has 178 valence electrons. The summed E-state index contributed by atoms with van der Waals surface area (Å²) in [4.78, 5) is 53.7. The highest BCUT2D eigenvalue weighted by molar-refractivity contribution is 6.07. The topological polar surface area (TPSA) is 117 Å². The van der Waals surface area contributed by atoms with E-state index in [0.29, 0.717) is 30.8 Å². The Hall–Kier alpha value is -3.88. The SMILES string of the molecule is COc1ccc2c(c1)C(=O)NC(Cc1ccccc1)C(=O)NCCC(=O)N1CCCC1C(=O)N2. The molecule has 2 heterocycles. The highest BCUT2D eigenvalue weighted by Gasteiger charge is 2.35. The van der Waals surface area contributed by atoms with Gasteiger partial charge in [0.05, 0.1) is 18.4 Å². The summed E-state index contributed by atoms with van der Waals surface area (Å²) in [5.74, 6) is -0.984. The van der Waals surface area contributed by atoms with Crippen LogP contribution in [0, 0.1) is 0 Å². The molecule has 2 aliphatic rings. The first-order chi connectivity index (χ1) is 16.5. The molecule has 2 aliphatic heterocycles. The van der Waals surface area contributed by atoms with E-state index in [1.165, 1.54) is 13.2 Å². The Morgan fingerprint density at radius 1 is 1.03 bits per heavy atom. The van der Waals surface area contributed by atoms with Crippen LogP contribution in [0.5, 0.6) is 5.75 Å². The van der Waals surface area contributed by atoms with Crippen molar-refractivity contribution in [2.24, 2.45) is 0 Å². The first-order valence-corrected chi connectivity index (χ1v) is 11.4. The minimum atomic E-state index is -0.873. The molecule has 0 spiro atoms. The van der Waals surface area contributed by atoms with Crippen molar-refractivity contribution in [2.45, 2.75) is 37.8 Å². The molecule has 0 aromatic heterocycles. The summed E-state index contributed by atoms with van der Waals surface area (Å²) >= 11 is 0. The van der Waals surface area contributed by atoms with E-state index in [0.717, 1.165) is 5.56 Å². The zero-order chi connectivity index (χ0) is 24.1. The normalized spacial score (nSPS) is 21.5. The summed E-state index contributed by atoms with van der Waals surface area (Å²) in [6.07, 6.45) is 1.60. The third-order valence-electron chi connectivity index (χ3n) is 6.15. The van der Waals surface area contributed by atoms with Crippen molar-refractivity contribution in [3.8, 4) is 5.75 Å². The molecule has 3 N–H and O–H groups in total. The van der Waals surface area contributed by atoms with E-state index in [-0.39, 0.29) is 42.7 Å². The number of anilines is 1. The zero-order valence-electron chi connectivity index (χ0n) is 19.0. The molecule has 0 radical (unpaired) electrons. The van der Waals surface area contributed by atoms with Gasteiger partial charge >= 0.3 is 0 Å². The summed E-state index contributed by atoms with van der Waals surface area (Å²) in [5, 5.41) is 8.38. The second-order valence-electron chi connectivity index (χ2n) is 8.40.